The van der Waals surface area contributed by atoms with E-state index in [0.29, 0.717) is 11.6 Å². The molecule has 0 aliphatic carbocycles. The van der Waals surface area contributed by atoms with Gasteiger partial charge in [-0.3, -0.25) is 4.90 Å². The van der Waals surface area contributed by atoms with Crippen LogP contribution >= 0.6 is 27.5 Å². The van der Waals surface area contributed by atoms with Gasteiger partial charge in [-0.25, -0.2) is 0 Å². The number of nitrogens with one attached hydrogen (secondary N) is 1. The molecule has 0 amide bonds. The van der Waals surface area contributed by atoms with Crippen LogP contribution in [-0.2, 0) is 0 Å². The first-order chi connectivity index (χ1) is 8.66. The lowest BCUT2D eigenvalue weighted by Gasteiger charge is -2.27. The molecule has 0 bridgehead atoms. The molecule has 0 unspecified atom stereocenters. The summed E-state index contributed by atoms with van der Waals surface area (Å²) in [6, 6.07) is 3.94. The van der Waals surface area contributed by atoms with E-state index in [1.165, 1.54) is 0 Å². The van der Waals surface area contributed by atoms with Gasteiger partial charge in [0.25, 0.3) is 0 Å². The van der Waals surface area contributed by atoms with Gasteiger partial charge < -0.3 is 10.1 Å². The van der Waals surface area contributed by atoms with E-state index in [4.69, 9.17) is 16.3 Å². The number of hydrogen-bond acceptors (Lipinski definition) is 3. The van der Waals surface area contributed by atoms with Crippen molar-refractivity contribution in [3.05, 3.63) is 27.2 Å². The van der Waals surface area contributed by atoms with Crippen molar-refractivity contribution < 1.29 is 4.74 Å². The Balaban J connectivity index is 1.86. The second-order valence-corrected chi connectivity index (χ2v) is 5.76. The number of rotatable bonds is 4. The van der Waals surface area contributed by atoms with Crippen LogP contribution in [0, 0.1) is 6.92 Å². The zero-order valence-corrected chi connectivity index (χ0v) is 12.9. The average Bonchev–Trinajstić information content (AvgIpc) is 2.34. The van der Waals surface area contributed by atoms with Gasteiger partial charge in [-0.2, -0.15) is 0 Å². The summed E-state index contributed by atoms with van der Waals surface area (Å²) in [6.45, 7) is 7.93. The van der Waals surface area contributed by atoms with Gasteiger partial charge in [-0.1, -0.05) is 11.6 Å². The molecule has 0 aromatic heterocycles. The zero-order valence-electron chi connectivity index (χ0n) is 10.5. The van der Waals surface area contributed by atoms with Crippen molar-refractivity contribution in [1.29, 1.82) is 0 Å². The van der Waals surface area contributed by atoms with Crippen molar-refractivity contribution in [2.75, 3.05) is 39.3 Å². The number of nitrogens with zero attached hydrogens (tertiary/aromatic N) is 1. The highest BCUT2D eigenvalue weighted by molar-refractivity contribution is 9.10. The summed E-state index contributed by atoms with van der Waals surface area (Å²) in [5, 5.41) is 4.00. The third-order valence-corrected chi connectivity index (χ3v) is 3.88. The number of halogens is 2. The molecule has 0 atom stereocenters. The topological polar surface area (TPSA) is 24.5 Å². The Morgan fingerprint density at radius 1 is 1.39 bits per heavy atom. The molecular formula is C13H18BrClN2O. The summed E-state index contributed by atoms with van der Waals surface area (Å²) in [6.07, 6.45) is 0. The fourth-order valence-corrected chi connectivity index (χ4v) is 3.17. The monoisotopic (exact) mass is 332 g/mol. The number of ether oxygens (including phenoxy) is 1. The summed E-state index contributed by atoms with van der Waals surface area (Å²) < 4.78 is 6.71. The minimum absolute atomic E-state index is 0.668. The summed E-state index contributed by atoms with van der Waals surface area (Å²) in [5.41, 5.74) is 1.13. The zero-order chi connectivity index (χ0) is 13.0. The predicted octanol–water partition coefficient (Wildman–Crippen LogP) is 2.69. The van der Waals surface area contributed by atoms with Gasteiger partial charge >= 0.3 is 0 Å². The lowest BCUT2D eigenvalue weighted by Crippen LogP contribution is -2.44. The van der Waals surface area contributed by atoms with Crippen LogP contribution < -0.4 is 10.1 Å². The van der Waals surface area contributed by atoms with Gasteiger partial charge in [0.2, 0.25) is 0 Å². The maximum atomic E-state index is 6.18. The fourth-order valence-electron chi connectivity index (χ4n) is 2.04. The second-order valence-electron chi connectivity index (χ2n) is 4.50. The third-order valence-electron chi connectivity index (χ3n) is 3.01. The van der Waals surface area contributed by atoms with E-state index in [0.717, 1.165) is 48.5 Å². The van der Waals surface area contributed by atoms with E-state index in [2.05, 4.69) is 26.1 Å². The lowest BCUT2D eigenvalue weighted by atomic mass is 10.2. The van der Waals surface area contributed by atoms with Crippen molar-refractivity contribution >= 4 is 27.5 Å². The molecule has 1 aliphatic rings. The Labute approximate surface area is 122 Å². The molecule has 100 valence electrons. The van der Waals surface area contributed by atoms with Crippen LogP contribution in [0.3, 0.4) is 0 Å². The molecule has 1 fully saturated rings. The molecule has 3 nitrogen and oxygen atoms in total. The quantitative estimate of drug-likeness (QED) is 0.917. The Hall–Kier alpha value is -0.290. The maximum Gasteiger partial charge on any atom is 0.152 e. The number of benzene rings is 1. The van der Waals surface area contributed by atoms with E-state index in [1.807, 2.05) is 19.1 Å². The summed E-state index contributed by atoms with van der Waals surface area (Å²) in [4.78, 5) is 2.40. The molecule has 18 heavy (non-hydrogen) atoms. The van der Waals surface area contributed by atoms with Crippen molar-refractivity contribution in [1.82, 2.24) is 10.2 Å². The Morgan fingerprint density at radius 2 is 2.11 bits per heavy atom. The van der Waals surface area contributed by atoms with Crippen molar-refractivity contribution in [2.24, 2.45) is 0 Å². The van der Waals surface area contributed by atoms with Gasteiger partial charge in [0.05, 0.1) is 9.50 Å². The molecule has 5 heteroatoms. The maximum absolute atomic E-state index is 6.18. The van der Waals surface area contributed by atoms with Gasteiger partial charge in [-0.05, 0) is 40.5 Å². The van der Waals surface area contributed by atoms with E-state index < -0.39 is 0 Å². The van der Waals surface area contributed by atoms with Crippen LogP contribution in [0.25, 0.3) is 0 Å². The number of piperazine rings is 1. The highest BCUT2D eigenvalue weighted by Crippen LogP contribution is 2.34. The standard InChI is InChI=1S/C13H18BrClN2O/c1-10-8-11(14)13(12(15)9-10)18-7-6-17-4-2-16-3-5-17/h8-9,16H,2-7H2,1H3. The van der Waals surface area contributed by atoms with Crippen molar-refractivity contribution in [2.45, 2.75) is 6.92 Å². The van der Waals surface area contributed by atoms with Crippen LogP contribution in [0.5, 0.6) is 5.75 Å². The van der Waals surface area contributed by atoms with Crippen LogP contribution in [0.4, 0.5) is 0 Å². The molecule has 2 rings (SSSR count). The molecule has 1 aromatic carbocycles. The van der Waals surface area contributed by atoms with Gasteiger partial charge in [0.1, 0.15) is 6.61 Å². The summed E-state index contributed by atoms with van der Waals surface area (Å²) in [5.74, 6) is 0.748. The van der Waals surface area contributed by atoms with E-state index in [1.54, 1.807) is 0 Å². The van der Waals surface area contributed by atoms with E-state index in [-0.39, 0.29) is 0 Å². The number of aryl methyl sites for hydroxylation is 1. The SMILES string of the molecule is Cc1cc(Cl)c(OCCN2CCNCC2)c(Br)c1. The Bertz CT molecular complexity index is 385. The van der Waals surface area contributed by atoms with Crippen LogP contribution in [0.2, 0.25) is 5.02 Å². The molecule has 1 aromatic rings. The van der Waals surface area contributed by atoms with Crippen molar-refractivity contribution in [3.63, 3.8) is 0 Å². The molecule has 1 aliphatic heterocycles. The molecule has 1 saturated heterocycles. The first-order valence-corrected chi connectivity index (χ1v) is 7.35. The average molecular weight is 334 g/mol. The lowest BCUT2D eigenvalue weighted by molar-refractivity contribution is 0.191. The highest BCUT2D eigenvalue weighted by Gasteiger charge is 2.11. The van der Waals surface area contributed by atoms with Gasteiger partial charge in [0, 0.05) is 32.7 Å². The molecule has 0 saturated carbocycles. The van der Waals surface area contributed by atoms with Gasteiger partial charge in [-0.15, -0.1) is 0 Å². The molecular weight excluding hydrogens is 316 g/mol. The second kappa shape index (κ2) is 6.75. The molecule has 1 heterocycles. The van der Waals surface area contributed by atoms with Crippen molar-refractivity contribution in [3.8, 4) is 5.75 Å². The minimum Gasteiger partial charge on any atom is -0.490 e. The largest absolute Gasteiger partial charge is 0.490 e. The molecule has 1 N–H and O–H groups in total. The predicted molar refractivity (Wildman–Crippen MR) is 78.7 cm³/mol. The minimum atomic E-state index is 0.668. The van der Waals surface area contributed by atoms with E-state index >= 15 is 0 Å². The summed E-state index contributed by atoms with van der Waals surface area (Å²) in [7, 11) is 0. The van der Waals surface area contributed by atoms with E-state index in [9.17, 15) is 0 Å². The third kappa shape index (κ3) is 3.85. The smallest absolute Gasteiger partial charge is 0.152 e. The summed E-state index contributed by atoms with van der Waals surface area (Å²) >= 11 is 9.67. The van der Waals surface area contributed by atoms with Crippen LogP contribution in [0.15, 0.2) is 16.6 Å². The fraction of sp³-hybridized carbons (Fsp3) is 0.538. The Kier molecular flexibility index (Phi) is 5.30. The van der Waals surface area contributed by atoms with Crippen LogP contribution in [-0.4, -0.2) is 44.2 Å². The first kappa shape index (κ1) is 14.1. The van der Waals surface area contributed by atoms with Gasteiger partial charge in [0.15, 0.2) is 5.75 Å². The number of hydrogen-bond donors (Lipinski definition) is 1. The first-order valence-electron chi connectivity index (χ1n) is 6.18. The Morgan fingerprint density at radius 3 is 2.78 bits per heavy atom. The molecule has 0 radical (unpaired) electrons. The normalized spacial score (nSPS) is 16.8. The van der Waals surface area contributed by atoms with Crippen LogP contribution in [0.1, 0.15) is 5.56 Å². The highest BCUT2D eigenvalue weighted by atomic mass is 79.9. The molecule has 0 spiro atoms.